The van der Waals surface area contributed by atoms with Gasteiger partial charge in [0, 0.05) is 6.61 Å². The van der Waals surface area contributed by atoms with Crippen LogP contribution < -0.4 is 9.05 Å². The largest absolute Gasteiger partial charge is 0.463 e. The van der Waals surface area contributed by atoms with Crippen molar-refractivity contribution >= 4 is 8.60 Å². The molecule has 0 saturated carbocycles. The van der Waals surface area contributed by atoms with Gasteiger partial charge in [0.1, 0.15) is 11.5 Å². The van der Waals surface area contributed by atoms with E-state index in [4.69, 9.17) is 18.3 Å². The van der Waals surface area contributed by atoms with E-state index in [1.165, 1.54) is 89.9 Å². The summed E-state index contributed by atoms with van der Waals surface area (Å²) in [7, 11) is -1.55. The second-order valence-electron chi connectivity index (χ2n) is 10.5. The van der Waals surface area contributed by atoms with Gasteiger partial charge in [-0.05, 0) is 43.5 Å². The molecule has 0 fully saturated rings. The Morgan fingerprint density at radius 3 is 1.49 bits per heavy atom. The first-order valence-electron chi connectivity index (χ1n) is 15.8. The third-order valence-electron chi connectivity index (χ3n) is 6.96. The van der Waals surface area contributed by atoms with Gasteiger partial charge in [0.05, 0.1) is 12.7 Å². The average molecular weight is 559 g/mol. The van der Waals surface area contributed by atoms with E-state index in [1.54, 1.807) is 0 Å². The number of para-hydroxylation sites is 2. The van der Waals surface area contributed by atoms with Crippen LogP contribution in [0.15, 0.2) is 60.7 Å². The van der Waals surface area contributed by atoms with E-state index >= 15 is 0 Å². The van der Waals surface area contributed by atoms with Crippen LogP contribution in [0.1, 0.15) is 123 Å². The molecule has 39 heavy (non-hydrogen) atoms. The van der Waals surface area contributed by atoms with Crippen molar-refractivity contribution in [3.8, 4) is 11.5 Å². The number of benzene rings is 2. The molecule has 0 aromatic heterocycles. The van der Waals surface area contributed by atoms with Crippen LogP contribution in [0.4, 0.5) is 0 Å². The Balaban J connectivity index is 1.76. The molecule has 0 bridgehead atoms. The fourth-order valence-electron chi connectivity index (χ4n) is 4.59. The quantitative estimate of drug-likeness (QED) is 0.0850. The van der Waals surface area contributed by atoms with E-state index in [1.807, 2.05) is 60.7 Å². The summed E-state index contributed by atoms with van der Waals surface area (Å²) < 4.78 is 24.7. The lowest BCUT2D eigenvalue weighted by Crippen LogP contribution is -2.17. The molecule has 1 atom stereocenters. The summed E-state index contributed by atoms with van der Waals surface area (Å²) in [5.41, 5.74) is 0. The number of rotatable bonds is 26. The lowest BCUT2D eigenvalue weighted by Gasteiger charge is -2.21. The fraction of sp³-hybridized carbons (Fsp3) is 0.647. The van der Waals surface area contributed by atoms with Gasteiger partial charge in [0.15, 0.2) is 0 Å². The van der Waals surface area contributed by atoms with Crippen LogP contribution in [0.2, 0.25) is 0 Å². The second-order valence-corrected chi connectivity index (χ2v) is 11.6. The summed E-state index contributed by atoms with van der Waals surface area (Å²) >= 11 is 0. The normalized spacial score (nSPS) is 12.1. The van der Waals surface area contributed by atoms with E-state index in [2.05, 4.69) is 13.8 Å². The van der Waals surface area contributed by atoms with Crippen molar-refractivity contribution in [1.82, 2.24) is 0 Å². The van der Waals surface area contributed by atoms with Crippen LogP contribution in [-0.2, 0) is 9.26 Å². The summed E-state index contributed by atoms with van der Waals surface area (Å²) in [6.07, 6.45) is 22.0. The van der Waals surface area contributed by atoms with Crippen molar-refractivity contribution in [2.75, 3.05) is 13.2 Å². The summed E-state index contributed by atoms with van der Waals surface area (Å²) in [6, 6.07) is 19.5. The van der Waals surface area contributed by atoms with E-state index in [0.717, 1.165) is 37.4 Å². The first kappa shape index (κ1) is 33.6. The standard InChI is InChI=1S/C34H55O4P/c1-3-5-7-9-11-12-13-15-23-30-35-32(24-18-14-10-8-6-4-2)29-31-36-39(37-33-25-19-16-20-26-33)38-34-27-21-17-22-28-34/h16-17,19-22,25-28,32H,3-15,18,23-24,29-31H2,1-2H3. The third-order valence-corrected chi connectivity index (χ3v) is 8.08. The van der Waals surface area contributed by atoms with Crippen LogP contribution >= 0.6 is 8.60 Å². The van der Waals surface area contributed by atoms with Crippen LogP contribution in [0.5, 0.6) is 11.5 Å². The highest BCUT2D eigenvalue weighted by molar-refractivity contribution is 7.42. The molecule has 2 aromatic carbocycles. The Morgan fingerprint density at radius 2 is 0.974 bits per heavy atom. The van der Waals surface area contributed by atoms with Crippen molar-refractivity contribution in [2.24, 2.45) is 0 Å². The van der Waals surface area contributed by atoms with Gasteiger partial charge in [0.25, 0.3) is 0 Å². The van der Waals surface area contributed by atoms with E-state index in [9.17, 15) is 0 Å². The van der Waals surface area contributed by atoms with Gasteiger partial charge in [-0.3, -0.25) is 4.52 Å². The number of unbranched alkanes of at least 4 members (excludes halogenated alkanes) is 13. The Labute approximate surface area is 241 Å². The molecule has 0 spiro atoms. The Morgan fingerprint density at radius 1 is 0.513 bits per heavy atom. The monoisotopic (exact) mass is 558 g/mol. The van der Waals surface area contributed by atoms with Crippen molar-refractivity contribution < 1.29 is 18.3 Å². The molecule has 1 unspecified atom stereocenters. The van der Waals surface area contributed by atoms with Crippen molar-refractivity contribution in [3.05, 3.63) is 60.7 Å². The van der Waals surface area contributed by atoms with Gasteiger partial charge in [-0.1, -0.05) is 140 Å². The van der Waals surface area contributed by atoms with Crippen LogP contribution in [0, 0.1) is 0 Å². The Bertz CT molecular complexity index is 732. The SMILES string of the molecule is CCCCCCCCCCCOC(CCCCCCCC)CCOP(Oc1ccccc1)Oc1ccccc1. The molecule has 2 aromatic rings. The molecular weight excluding hydrogens is 503 g/mol. The van der Waals surface area contributed by atoms with Gasteiger partial charge in [-0.15, -0.1) is 0 Å². The van der Waals surface area contributed by atoms with Crippen molar-refractivity contribution in [1.29, 1.82) is 0 Å². The first-order chi connectivity index (χ1) is 19.3. The molecule has 220 valence electrons. The molecule has 0 radical (unpaired) electrons. The minimum atomic E-state index is -1.55. The predicted molar refractivity (Wildman–Crippen MR) is 167 cm³/mol. The van der Waals surface area contributed by atoms with Crippen LogP contribution in [0.25, 0.3) is 0 Å². The topological polar surface area (TPSA) is 36.9 Å². The highest BCUT2D eigenvalue weighted by Gasteiger charge is 2.19. The van der Waals surface area contributed by atoms with Gasteiger partial charge < -0.3 is 13.8 Å². The van der Waals surface area contributed by atoms with E-state index in [0.29, 0.717) is 6.61 Å². The Hall–Kier alpha value is -1.61. The zero-order valence-electron chi connectivity index (χ0n) is 24.9. The summed E-state index contributed by atoms with van der Waals surface area (Å²) in [5.74, 6) is 1.51. The molecule has 4 nitrogen and oxygen atoms in total. The molecular formula is C34H55O4P. The van der Waals surface area contributed by atoms with Gasteiger partial charge in [-0.2, -0.15) is 0 Å². The minimum Gasteiger partial charge on any atom is -0.418 e. The Kier molecular flexibility index (Phi) is 20.9. The second kappa shape index (κ2) is 24.2. The number of ether oxygens (including phenoxy) is 1. The molecule has 5 heteroatoms. The van der Waals surface area contributed by atoms with Crippen molar-refractivity contribution in [2.45, 2.75) is 129 Å². The molecule has 0 aliphatic carbocycles. The van der Waals surface area contributed by atoms with E-state index < -0.39 is 8.60 Å². The lowest BCUT2D eigenvalue weighted by molar-refractivity contribution is 0.0281. The van der Waals surface area contributed by atoms with Crippen molar-refractivity contribution in [3.63, 3.8) is 0 Å². The molecule has 0 heterocycles. The zero-order valence-corrected chi connectivity index (χ0v) is 25.8. The highest BCUT2D eigenvalue weighted by atomic mass is 31.2. The van der Waals surface area contributed by atoms with Gasteiger partial charge >= 0.3 is 8.60 Å². The number of hydrogen-bond acceptors (Lipinski definition) is 4. The highest BCUT2D eigenvalue weighted by Crippen LogP contribution is 2.41. The molecule has 0 aliphatic rings. The molecule has 0 saturated heterocycles. The third kappa shape index (κ3) is 18.4. The molecule has 0 N–H and O–H groups in total. The first-order valence-corrected chi connectivity index (χ1v) is 16.9. The molecule has 0 aliphatic heterocycles. The fourth-order valence-corrected chi connectivity index (χ4v) is 5.58. The predicted octanol–water partition coefficient (Wildman–Crippen LogP) is 11.4. The van der Waals surface area contributed by atoms with E-state index in [-0.39, 0.29) is 6.10 Å². The molecule has 2 rings (SSSR count). The summed E-state index contributed by atoms with van der Waals surface area (Å²) in [5, 5.41) is 0. The summed E-state index contributed by atoms with van der Waals surface area (Å²) in [6.45, 7) is 5.96. The van der Waals surface area contributed by atoms with Gasteiger partial charge in [-0.25, -0.2) is 0 Å². The number of hydrogen-bond donors (Lipinski definition) is 0. The van der Waals surface area contributed by atoms with Crippen LogP contribution in [-0.4, -0.2) is 19.3 Å². The maximum Gasteiger partial charge on any atom is 0.463 e. The van der Waals surface area contributed by atoms with Crippen LogP contribution in [0.3, 0.4) is 0 Å². The molecule has 0 amide bonds. The maximum absolute atomic E-state index is 6.39. The smallest absolute Gasteiger partial charge is 0.418 e. The summed E-state index contributed by atoms with van der Waals surface area (Å²) in [4.78, 5) is 0. The maximum atomic E-state index is 6.39. The zero-order chi connectivity index (χ0) is 27.6. The van der Waals surface area contributed by atoms with Gasteiger partial charge in [0.2, 0.25) is 0 Å². The average Bonchev–Trinajstić information content (AvgIpc) is 2.96. The lowest BCUT2D eigenvalue weighted by atomic mass is 10.1. The minimum absolute atomic E-state index is 0.232.